The predicted molar refractivity (Wildman–Crippen MR) is 114 cm³/mol. The topological polar surface area (TPSA) is 97.7 Å². The maximum absolute atomic E-state index is 9.44. The molecule has 2 aliphatic heterocycles. The molecule has 0 radical (unpaired) electrons. The highest BCUT2D eigenvalue weighted by Gasteiger charge is 2.37. The second kappa shape index (κ2) is 8.17. The molecule has 31 heavy (non-hydrogen) atoms. The van der Waals surface area contributed by atoms with E-state index < -0.39 is 0 Å². The first-order valence-corrected chi connectivity index (χ1v) is 10.6. The first kappa shape index (κ1) is 19.2. The molecular weight excluding hydrogens is 388 g/mol. The minimum Gasteiger partial charge on any atom is -0.353 e. The minimum absolute atomic E-state index is 0.230. The molecule has 8 nitrogen and oxygen atoms in total. The molecule has 0 saturated carbocycles. The number of nitrogens with zero attached hydrogens (tertiary/aromatic N) is 8. The highest BCUT2D eigenvalue weighted by atomic mass is 15.4. The Morgan fingerprint density at radius 2 is 1.97 bits per heavy atom. The molecule has 2 aliphatic rings. The quantitative estimate of drug-likeness (QED) is 0.655. The van der Waals surface area contributed by atoms with Crippen LogP contribution in [0, 0.1) is 22.7 Å². The van der Waals surface area contributed by atoms with Crippen molar-refractivity contribution in [3.63, 3.8) is 0 Å². The van der Waals surface area contributed by atoms with Crippen LogP contribution >= 0.6 is 0 Å². The van der Waals surface area contributed by atoms with Gasteiger partial charge in [-0.2, -0.15) is 10.5 Å². The zero-order valence-electron chi connectivity index (χ0n) is 17.1. The third-order valence-electron chi connectivity index (χ3n) is 6.24. The van der Waals surface area contributed by atoms with Crippen LogP contribution in [0.15, 0.2) is 48.8 Å². The summed E-state index contributed by atoms with van der Waals surface area (Å²) >= 11 is 0. The van der Waals surface area contributed by atoms with E-state index in [0.29, 0.717) is 17.2 Å². The lowest BCUT2D eigenvalue weighted by Gasteiger charge is -2.48. The number of benzene rings is 1. The maximum atomic E-state index is 9.44. The van der Waals surface area contributed by atoms with Crippen LogP contribution in [-0.4, -0.2) is 50.6 Å². The van der Waals surface area contributed by atoms with Crippen molar-refractivity contribution < 1.29 is 0 Å². The van der Waals surface area contributed by atoms with Gasteiger partial charge in [0.25, 0.3) is 0 Å². The van der Waals surface area contributed by atoms with Crippen molar-refractivity contribution in [2.45, 2.75) is 31.3 Å². The van der Waals surface area contributed by atoms with Gasteiger partial charge >= 0.3 is 0 Å². The van der Waals surface area contributed by atoms with Crippen molar-refractivity contribution in [3.8, 4) is 17.8 Å². The van der Waals surface area contributed by atoms with Crippen LogP contribution in [0.2, 0.25) is 0 Å². The molecule has 0 amide bonds. The second-order valence-corrected chi connectivity index (χ2v) is 8.02. The van der Waals surface area contributed by atoms with Gasteiger partial charge in [0.2, 0.25) is 0 Å². The number of pyridine rings is 1. The van der Waals surface area contributed by atoms with Gasteiger partial charge in [-0.05, 0) is 49.6 Å². The Labute approximate surface area is 181 Å². The van der Waals surface area contributed by atoms with E-state index >= 15 is 0 Å². The van der Waals surface area contributed by atoms with Crippen LogP contribution < -0.4 is 4.90 Å². The zero-order chi connectivity index (χ0) is 21.2. The fraction of sp³-hybridized carbons (Fsp3) is 0.348. The molecule has 3 aromatic rings. The average Bonchev–Trinajstić information content (AvgIpc) is 3.33. The summed E-state index contributed by atoms with van der Waals surface area (Å²) in [6.07, 6.45) is 7.05. The Kier molecular flexibility index (Phi) is 5.07. The molecule has 2 atom stereocenters. The standard InChI is InChI=1S/C23H22N8/c24-13-17-4-1-6-19(12-17)31-16-21(27-28-31)22-8-2-7-20-15-29(10-11-30(20)22)23-18(14-25)5-3-9-26-23/h1,3-6,9,12,16,20,22H,2,7-8,10-11,15H2/t20-,22+/m0/s1. The van der Waals surface area contributed by atoms with Gasteiger partial charge in [0, 0.05) is 31.9 Å². The van der Waals surface area contributed by atoms with E-state index in [1.165, 1.54) is 0 Å². The van der Waals surface area contributed by atoms with E-state index in [1.807, 2.05) is 36.5 Å². The third-order valence-corrected chi connectivity index (χ3v) is 6.24. The number of hydrogen-bond acceptors (Lipinski definition) is 7. The summed E-state index contributed by atoms with van der Waals surface area (Å²) in [5, 5.41) is 27.4. The summed E-state index contributed by atoms with van der Waals surface area (Å²) < 4.78 is 1.75. The van der Waals surface area contributed by atoms with E-state index in [9.17, 15) is 5.26 Å². The molecule has 2 saturated heterocycles. The van der Waals surface area contributed by atoms with Crippen molar-refractivity contribution in [2.75, 3.05) is 24.5 Å². The summed E-state index contributed by atoms with van der Waals surface area (Å²) in [4.78, 5) is 9.25. The van der Waals surface area contributed by atoms with Crippen molar-refractivity contribution in [2.24, 2.45) is 0 Å². The van der Waals surface area contributed by atoms with E-state index in [2.05, 4.69) is 37.2 Å². The first-order chi connectivity index (χ1) is 15.3. The van der Waals surface area contributed by atoms with Crippen molar-refractivity contribution in [1.29, 1.82) is 10.5 Å². The summed E-state index contributed by atoms with van der Waals surface area (Å²) in [5.74, 6) is 0.787. The Morgan fingerprint density at radius 3 is 2.84 bits per heavy atom. The Bertz CT molecular complexity index is 1170. The highest BCUT2D eigenvalue weighted by Crippen LogP contribution is 2.36. The lowest BCUT2D eigenvalue weighted by Crippen LogP contribution is -2.56. The first-order valence-electron chi connectivity index (χ1n) is 10.6. The van der Waals surface area contributed by atoms with Gasteiger partial charge in [-0.15, -0.1) is 5.10 Å². The maximum Gasteiger partial charge on any atom is 0.146 e. The Hall–Kier alpha value is -3.75. The van der Waals surface area contributed by atoms with Gasteiger partial charge < -0.3 is 4.90 Å². The van der Waals surface area contributed by atoms with Crippen LogP contribution in [0.4, 0.5) is 5.82 Å². The Morgan fingerprint density at radius 1 is 1.03 bits per heavy atom. The number of aromatic nitrogens is 4. The molecule has 2 aromatic heterocycles. The van der Waals surface area contributed by atoms with Crippen LogP contribution in [0.25, 0.3) is 5.69 Å². The largest absolute Gasteiger partial charge is 0.353 e. The van der Waals surface area contributed by atoms with Crippen molar-refractivity contribution in [1.82, 2.24) is 24.9 Å². The molecule has 0 N–H and O–H groups in total. The van der Waals surface area contributed by atoms with Gasteiger partial charge in [-0.25, -0.2) is 9.67 Å². The molecule has 0 bridgehead atoms. The summed E-state index contributed by atoms with van der Waals surface area (Å²) in [5.41, 5.74) is 3.05. The molecule has 0 unspecified atom stereocenters. The van der Waals surface area contributed by atoms with Crippen LogP contribution in [0.1, 0.15) is 42.1 Å². The summed E-state index contributed by atoms with van der Waals surface area (Å²) in [6, 6.07) is 16.1. The zero-order valence-corrected chi connectivity index (χ0v) is 17.1. The number of rotatable bonds is 3. The van der Waals surface area contributed by atoms with Gasteiger partial charge in [0.15, 0.2) is 0 Å². The predicted octanol–water partition coefficient (Wildman–Crippen LogP) is 2.82. The van der Waals surface area contributed by atoms with E-state index in [4.69, 9.17) is 5.26 Å². The fourth-order valence-corrected chi connectivity index (χ4v) is 4.77. The SMILES string of the molecule is N#Cc1cccc(-n2cc([C@H]3CCC[C@H]4CN(c5ncccc5C#N)CCN43)nn2)c1. The second-order valence-electron chi connectivity index (χ2n) is 8.02. The van der Waals surface area contributed by atoms with Crippen molar-refractivity contribution >= 4 is 5.82 Å². The van der Waals surface area contributed by atoms with E-state index in [-0.39, 0.29) is 6.04 Å². The molecule has 5 rings (SSSR count). The van der Waals surface area contributed by atoms with Crippen LogP contribution in [0.5, 0.6) is 0 Å². The van der Waals surface area contributed by atoms with Crippen LogP contribution in [-0.2, 0) is 0 Å². The lowest BCUT2D eigenvalue weighted by atomic mass is 9.91. The number of piperazine rings is 1. The van der Waals surface area contributed by atoms with Crippen molar-refractivity contribution in [3.05, 3.63) is 65.6 Å². The van der Waals surface area contributed by atoms with E-state index in [0.717, 1.165) is 56.1 Å². The fourth-order valence-electron chi connectivity index (χ4n) is 4.77. The molecule has 2 fully saturated rings. The normalized spacial score (nSPS) is 21.2. The number of anilines is 1. The molecular formula is C23H22N8. The summed E-state index contributed by atoms with van der Waals surface area (Å²) in [6.45, 7) is 2.59. The molecule has 154 valence electrons. The number of fused-ring (bicyclic) bond motifs is 1. The number of piperidine rings is 1. The van der Waals surface area contributed by atoms with Gasteiger partial charge in [-0.3, -0.25) is 4.90 Å². The minimum atomic E-state index is 0.230. The lowest BCUT2D eigenvalue weighted by molar-refractivity contribution is 0.0691. The Balaban J connectivity index is 1.36. The average molecular weight is 410 g/mol. The smallest absolute Gasteiger partial charge is 0.146 e. The van der Waals surface area contributed by atoms with E-state index in [1.54, 1.807) is 16.9 Å². The molecule has 4 heterocycles. The molecule has 0 spiro atoms. The van der Waals surface area contributed by atoms with Gasteiger partial charge in [-0.1, -0.05) is 11.3 Å². The van der Waals surface area contributed by atoms with Gasteiger partial charge in [0.05, 0.1) is 35.1 Å². The highest BCUT2D eigenvalue weighted by molar-refractivity contribution is 5.54. The third kappa shape index (κ3) is 3.63. The number of hydrogen-bond donors (Lipinski definition) is 0. The van der Waals surface area contributed by atoms with Crippen LogP contribution in [0.3, 0.4) is 0 Å². The molecule has 0 aliphatic carbocycles. The molecule has 1 aromatic carbocycles. The van der Waals surface area contributed by atoms with Gasteiger partial charge in [0.1, 0.15) is 17.6 Å². The summed E-state index contributed by atoms with van der Waals surface area (Å²) in [7, 11) is 0. The monoisotopic (exact) mass is 410 g/mol. The number of nitriles is 2. The molecule has 8 heteroatoms.